The van der Waals surface area contributed by atoms with Gasteiger partial charge in [-0.2, -0.15) is 0 Å². The number of nitrogens with zero attached hydrogens (tertiary/aromatic N) is 1. The smallest absolute Gasteiger partial charge is 0.324 e. The molecule has 0 radical (unpaired) electrons. The Morgan fingerprint density at radius 2 is 2.09 bits per heavy atom. The zero-order chi connectivity index (χ0) is 15.7. The van der Waals surface area contributed by atoms with E-state index in [2.05, 4.69) is 5.32 Å². The van der Waals surface area contributed by atoms with Gasteiger partial charge >= 0.3 is 6.03 Å². The Morgan fingerprint density at radius 1 is 1.41 bits per heavy atom. The van der Waals surface area contributed by atoms with Gasteiger partial charge in [-0.1, -0.05) is 12.1 Å². The standard InChI is InChI=1S/C16H20FN3O2/c1-11(15(21)19-9-8-18-16(19)22)20(14-6-7-14)10-12-2-4-13(17)5-3-12/h2-5,11,14H,6-10H2,1H3,(H,18,22)/p+1/t11-/m0/s1. The zero-order valence-corrected chi connectivity index (χ0v) is 12.6. The number of amides is 3. The maximum Gasteiger partial charge on any atom is 0.324 e. The monoisotopic (exact) mass is 306 g/mol. The van der Waals surface area contributed by atoms with Crippen molar-refractivity contribution in [3.05, 3.63) is 35.6 Å². The maximum absolute atomic E-state index is 13.0. The topological polar surface area (TPSA) is 53.9 Å². The first-order chi connectivity index (χ1) is 10.6. The third-order valence-electron chi connectivity index (χ3n) is 4.47. The Labute approximate surface area is 129 Å². The molecule has 3 rings (SSSR count). The normalized spacial score (nSPS) is 20.6. The molecule has 1 aliphatic carbocycles. The highest BCUT2D eigenvalue weighted by atomic mass is 19.1. The summed E-state index contributed by atoms with van der Waals surface area (Å²) in [5.74, 6) is -0.381. The minimum absolute atomic E-state index is 0.126. The summed E-state index contributed by atoms with van der Waals surface area (Å²) in [6.07, 6.45) is 2.20. The van der Waals surface area contributed by atoms with Crippen molar-refractivity contribution in [2.45, 2.75) is 38.4 Å². The van der Waals surface area contributed by atoms with Crippen molar-refractivity contribution in [3.63, 3.8) is 0 Å². The Morgan fingerprint density at radius 3 is 2.64 bits per heavy atom. The van der Waals surface area contributed by atoms with Crippen molar-refractivity contribution >= 4 is 11.9 Å². The molecule has 2 aliphatic rings. The fourth-order valence-electron chi connectivity index (χ4n) is 3.02. The first-order valence-electron chi connectivity index (χ1n) is 7.75. The van der Waals surface area contributed by atoms with E-state index < -0.39 is 0 Å². The van der Waals surface area contributed by atoms with E-state index in [9.17, 15) is 14.0 Å². The Bertz CT molecular complexity index is 571. The highest BCUT2D eigenvalue weighted by molar-refractivity contribution is 5.97. The fraction of sp³-hybridized carbons (Fsp3) is 0.500. The van der Waals surface area contributed by atoms with Crippen molar-refractivity contribution in [1.82, 2.24) is 10.2 Å². The van der Waals surface area contributed by atoms with Gasteiger partial charge in [0.25, 0.3) is 5.91 Å². The van der Waals surface area contributed by atoms with Crippen LogP contribution in [0.25, 0.3) is 0 Å². The van der Waals surface area contributed by atoms with Gasteiger partial charge < -0.3 is 10.2 Å². The van der Waals surface area contributed by atoms with Crippen LogP contribution in [0.1, 0.15) is 25.3 Å². The van der Waals surface area contributed by atoms with Gasteiger partial charge in [0.05, 0.1) is 6.04 Å². The molecule has 1 aromatic carbocycles. The second kappa shape index (κ2) is 6.04. The summed E-state index contributed by atoms with van der Waals surface area (Å²) in [6, 6.07) is 6.29. The van der Waals surface area contributed by atoms with E-state index in [1.165, 1.54) is 17.0 Å². The lowest BCUT2D eigenvalue weighted by atomic mass is 10.1. The number of halogens is 1. The van der Waals surface area contributed by atoms with Crippen molar-refractivity contribution in [2.24, 2.45) is 0 Å². The summed E-state index contributed by atoms with van der Waals surface area (Å²) < 4.78 is 13.0. The first-order valence-corrected chi connectivity index (χ1v) is 7.75. The van der Waals surface area contributed by atoms with Crippen LogP contribution < -0.4 is 10.2 Å². The Balaban J connectivity index is 1.71. The Kier molecular flexibility index (Phi) is 4.11. The SMILES string of the molecule is C[C@@H](C(=O)N1CCNC1=O)[NH+](Cc1ccc(F)cc1)C1CC1. The largest absolute Gasteiger partial charge is 0.336 e. The molecule has 1 aliphatic heterocycles. The predicted molar refractivity (Wildman–Crippen MR) is 78.7 cm³/mol. The number of hydrogen-bond acceptors (Lipinski definition) is 2. The second-order valence-corrected chi connectivity index (χ2v) is 6.10. The molecular weight excluding hydrogens is 285 g/mol. The Hall–Kier alpha value is -1.95. The molecule has 0 bridgehead atoms. The van der Waals surface area contributed by atoms with Crippen LogP contribution in [-0.2, 0) is 11.3 Å². The maximum atomic E-state index is 13.0. The van der Waals surface area contributed by atoms with E-state index >= 15 is 0 Å². The average Bonchev–Trinajstić information content (AvgIpc) is 3.26. The minimum atomic E-state index is -0.297. The van der Waals surface area contributed by atoms with Crippen molar-refractivity contribution in [3.8, 4) is 0 Å². The predicted octanol–water partition coefficient (Wildman–Crippen LogP) is 0.313. The molecule has 5 nitrogen and oxygen atoms in total. The van der Waals surface area contributed by atoms with Crippen molar-refractivity contribution in [1.29, 1.82) is 0 Å². The fourth-order valence-corrected chi connectivity index (χ4v) is 3.02. The van der Waals surface area contributed by atoms with Crippen LogP contribution in [0.4, 0.5) is 9.18 Å². The van der Waals surface area contributed by atoms with Gasteiger partial charge in [0.2, 0.25) is 0 Å². The quantitative estimate of drug-likeness (QED) is 0.823. The van der Waals surface area contributed by atoms with Gasteiger partial charge in [-0.05, 0) is 19.1 Å². The van der Waals surface area contributed by atoms with Crippen LogP contribution in [0.2, 0.25) is 0 Å². The molecular formula is C16H21FN3O2+. The van der Waals surface area contributed by atoms with Crippen LogP contribution in [-0.4, -0.2) is 42.0 Å². The first kappa shape index (κ1) is 15.0. The molecule has 2 N–H and O–H groups in total. The number of urea groups is 1. The summed E-state index contributed by atoms with van der Waals surface area (Å²) in [5, 5.41) is 2.66. The third-order valence-corrected chi connectivity index (χ3v) is 4.47. The van der Waals surface area contributed by atoms with Gasteiger partial charge in [0.15, 0.2) is 6.04 Å². The number of hydrogen-bond donors (Lipinski definition) is 2. The van der Waals surface area contributed by atoms with Crippen molar-refractivity contribution in [2.75, 3.05) is 13.1 Å². The molecule has 1 unspecified atom stereocenters. The summed E-state index contributed by atoms with van der Waals surface area (Å²) in [7, 11) is 0. The molecule has 3 amide bonds. The van der Waals surface area contributed by atoms with Crippen molar-refractivity contribution < 1.29 is 18.9 Å². The lowest BCUT2D eigenvalue weighted by Gasteiger charge is -2.27. The van der Waals surface area contributed by atoms with Crippen LogP contribution in [0.5, 0.6) is 0 Å². The number of imide groups is 1. The van der Waals surface area contributed by atoms with E-state index in [1.54, 1.807) is 12.1 Å². The molecule has 1 saturated heterocycles. The summed E-state index contributed by atoms with van der Waals surface area (Å²) >= 11 is 0. The lowest BCUT2D eigenvalue weighted by molar-refractivity contribution is -0.938. The van der Waals surface area contributed by atoms with E-state index in [-0.39, 0.29) is 23.8 Å². The second-order valence-electron chi connectivity index (χ2n) is 6.10. The van der Waals surface area contributed by atoms with Crippen LogP contribution in [0.15, 0.2) is 24.3 Å². The number of quaternary nitrogens is 1. The van der Waals surface area contributed by atoms with E-state index in [4.69, 9.17) is 0 Å². The zero-order valence-electron chi connectivity index (χ0n) is 12.6. The van der Waals surface area contributed by atoms with Gasteiger partial charge in [-0.3, -0.25) is 9.69 Å². The van der Waals surface area contributed by atoms with Gasteiger partial charge in [0.1, 0.15) is 12.4 Å². The molecule has 2 fully saturated rings. The number of carbonyl (C=O) groups is 2. The van der Waals surface area contributed by atoms with Gasteiger partial charge in [0, 0.05) is 31.5 Å². The molecule has 1 saturated carbocycles. The van der Waals surface area contributed by atoms with E-state index in [0.29, 0.717) is 25.7 Å². The molecule has 1 heterocycles. The summed E-state index contributed by atoms with van der Waals surface area (Å²) in [4.78, 5) is 26.7. The van der Waals surface area contributed by atoms with Crippen LogP contribution in [0.3, 0.4) is 0 Å². The lowest BCUT2D eigenvalue weighted by Crippen LogP contribution is -3.16. The number of benzene rings is 1. The average molecular weight is 306 g/mol. The molecule has 0 spiro atoms. The van der Waals surface area contributed by atoms with Crippen LogP contribution in [0, 0.1) is 5.82 Å². The van der Waals surface area contributed by atoms with Crippen LogP contribution >= 0.6 is 0 Å². The molecule has 6 heteroatoms. The van der Waals surface area contributed by atoms with Gasteiger partial charge in [-0.25, -0.2) is 9.18 Å². The van der Waals surface area contributed by atoms with Gasteiger partial charge in [-0.15, -0.1) is 0 Å². The summed E-state index contributed by atoms with van der Waals surface area (Å²) in [6.45, 7) is 3.52. The highest BCUT2D eigenvalue weighted by Crippen LogP contribution is 2.17. The minimum Gasteiger partial charge on any atom is -0.336 e. The third kappa shape index (κ3) is 3.11. The van der Waals surface area contributed by atoms with E-state index in [1.807, 2.05) is 6.92 Å². The number of rotatable bonds is 5. The number of carbonyl (C=O) groups excluding carboxylic acids is 2. The molecule has 2 atom stereocenters. The number of nitrogens with one attached hydrogen (secondary N) is 2. The van der Waals surface area contributed by atoms with E-state index in [0.717, 1.165) is 23.3 Å². The molecule has 22 heavy (non-hydrogen) atoms. The molecule has 0 aromatic heterocycles. The molecule has 118 valence electrons. The molecule has 1 aromatic rings. The summed E-state index contributed by atoms with van der Waals surface area (Å²) in [5.41, 5.74) is 1.01. The highest BCUT2D eigenvalue weighted by Gasteiger charge is 2.42.